The third kappa shape index (κ3) is 1.56. The number of nitrogens with two attached hydrogens (primary N) is 1. The zero-order valence-electron chi connectivity index (χ0n) is 5.70. The second-order valence-corrected chi connectivity index (χ2v) is 2.82. The van der Waals surface area contributed by atoms with Crippen LogP contribution in [0.2, 0.25) is 0 Å². The molecule has 0 unspecified atom stereocenters. The van der Waals surface area contributed by atoms with E-state index in [4.69, 9.17) is 10.9 Å². The third-order valence-electron chi connectivity index (χ3n) is 1.25. The summed E-state index contributed by atoms with van der Waals surface area (Å²) in [6.07, 6.45) is 0. The number of hydrogen-bond donors (Lipinski definition) is 3. The van der Waals surface area contributed by atoms with E-state index in [1.165, 1.54) is 11.3 Å². The Morgan fingerprint density at radius 2 is 2.55 bits per heavy atom. The highest BCUT2D eigenvalue weighted by molar-refractivity contribution is 7.12. The zero-order valence-corrected chi connectivity index (χ0v) is 6.52. The predicted octanol–water partition coefficient (Wildman–Crippen LogP) is -0.156. The Morgan fingerprint density at radius 1 is 1.82 bits per heavy atom. The van der Waals surface area contributed by atoms with Gasteiger partial charge in [-0.1, -0.05) is 0 Å². The molecule has 0 atom stereocenters. The van der Waals surface area contributed by atoms with Gasteiger partial charge in [-0.2, -0.15) is 0 Å². The lowest BCUT2D eigenvalue weighted by Gasteiger charge is -1.97. The van der Waals surface area contributed by atoms with Gasteiger partial charge in [0.2, 0.25) is 0 Å². The molecule has 4 nitrogen and oxygen atoms in total. The maximum absolute atomic E-state index is 10.9. The molecule has 0 radical (unpaired) electrons. The van der Waals surface area contributed by atoms with Crippen LogP contribution in [-0.2, 0) is 6.61 Å². The highest BCUT2D eigenvalue weighted by Gasteiger charge is 2.09. The monoisotopic (exact) mass is 172 g/mol. The Kier molecular flexibility index (Phi) is 2.58. The van der Waals surface area contributed by atoms with Crippen molar-refractivity contribution in [2.45, 2.75) is 6.61 Å². The number of hydrazine groups is 1. The topological polar surface area (TPSA) is 75.3 Å². The summed E-state index contributed by atoms with van der Waals surface area (Å²) in [4.78, 5) is 11.4. The fourth-order valence-corrected chi connectivity index (χ4v) is 1.54. The Morgan fingerprint density at radius 3 is 3.09 bits per heavy atom. The summed E-state index contributed by atoms with van der Waals surface area (Å²) in [7, 11) is 0. The van der Waals surface area contributed by atoms with Crippen LogP contribution in [0.5, 0.6) is 0 Å². The molecule has 0 saturated carbocycles. The quantitative estimate of drug-likeness (QED) is 0.330. The first-order valence-corrected chi connectivity index (χ1v) is 3.85. The smallest absolute Gasteiger partial charge is 0.275 e. The predicted molar refractivity (Wildman–Crippen MR) is 41.9 cm³/mol. The summed E-state index contributed by atoms with van der Waals surface area (Å²) in [5.41, 5.74) is 2.61. The van der Waals surface area contributed by atoms with E-state index in [9.17, 15) is 4.79 Å². The van der Waals surface area contributed by atoms with Crippen LogP contribution in [0.1, 0.15) is 15.2 Å². The van der Waals surface area contributed by atoms with Crippen LogP contribution >= 0.6 is 11.3 Å². The summed E-state index contributed by atoms with van der Waals surface area (Å²) >= 11 is 1.25. The van der Waals surface area contributed by atoms with Crippen molar-refractivity contribution in [3.05, 3.63) is 21.9 Å². The van der Waals surface area contributed by atoms with Gasteiger partial charge in [-0.3, -0.25) is 10.2 Å². The van der Waals surface area contributed by atoms with Crippen molar-refractivity contribution < 1.29 is 9.90 Å². The van der Waals surface area contributed by atoms with Gasteiger partial charge in [-0.15, -0.1) is 11.3 Å². The Labute approximate surface area is 67.6 Å². The van der Waals surface area contributed by atoms with E-state index in [1.807, 2.05) is 5.43 Å². The number of hydrogen-bond acceptors (Lipinski definition) is 4. The summed E-state index contributed by atoms with van der Waals surface area (Å²) in [5, 5.41) is 10.5. The van der Waals surface area contributed by atoms with Crippen molar-refractivity contribution in [2.75, 3.05) is 0 Å². The molecule has 0 fully saturated rings. The van der Waals surface area contributed by atoms with Crippen LogP contribution in [0, 0.1) is 0 Å². The van der Waals surface area contributed by atoms with Crippen molar-refractivity contribution in [1.29, 1.82) is 0 Å². The molecule has 60 valence electrons. The first kappa shape index (κ1) is 8.19. The number of thiophene rings is 1. The van der Waals surface area contributed by atoms with Gasteiger partial charge in [0.25, 0.3) is 5.91 Å². The van der Waals surface area contributed by atoms with Gasteiger partial charge in [0.05, 0.1) is 11.5 Å². The van der Waals surface area contributed by atoms with Crippen molar-refractivity contribution in [3.63, 3.8) is 0 Å². The molecule has 5 heteroatoms. The molecule has 4 N–H and O–H groups in total. The van der Waals surface area contributed by atoms with Crippen LogP contribution in [-0.4, -0.2) is 11.0 Å². The number of aliphatic hydroxyl groups excluding tert-OH is 1. The second-order valence-electron chi connectivity index (χ2n) is 1.91. The number of nitrogens with one attached hydrogen (secondary N) is 1. The summed E-state index contributed by atoms with van der Waals surface area (Å²) in [5.74, 6) is 4.55. The number of carbonyl (C=O) groups excluding carboxylic acids is 1. The standard InChI is InChI=1S/C6H8N2O2S/c7-8-6(10)5-4(3-9)1-2-11-5/h1-2,9H,3,7H2,(H,8,10). The summed E-state index contributed by atoms with van der Waals surface area (Å²) < 4.78 is 0. The van der Waals surface area contributed by atoms with Crippen LogP contribution < -0.4 is 11.3 Å². The number of aliphatic hydroxyl groups is 1. The van der Waals surface area contributed by atoms with Gasteiger partial charge < -0.3 is 5.11 Å². The molecule has 1 rings (SSSR count). The molecular weight excluding hydrogens is 164 g/mol. The lowest BCUT2D eigenvalue weighted by molar-refractivity contribution is 0.0955. The highest BCUT2D eigenvalue weighted by atomic mass is 32.1. The molecule has 0 aliphatic rings. The number of amides is 1. The molecule has 0 saturated heterocycles. The molecule has 1 aromatic heterocycles. The Hall–Kier alpha value is -0.910. The SMILES string of the molecule is NNC(=O)c1sccc1CO. The van der Waals surface area contributed by atoms with Gasteiger partial charge in [0, 0.05) is 5.56 Å². The van der Waals surface area contributed by atoms with Crippen LogP contribution in [0.25, 0.3) is 0 Å². The van der Waals surface area contributed by atoms with Crippen LogP contribution in [0.15, 0.2) is 11.4 Å². The van der Waals surface area contributed by atoms with Gasteiger partial charge in [0.1, 0.15) is 0 Å². The van der Waals surface area contributed by atoms with Crippen LogP contribution in [0.4, 0.5) is 0 Å². The molecule has 0 aromatic carbocycles. The van der Waals surface area contributed by atoms with E-state index in [1.54, 1.807) is 11.4 Å². The van der Waals surface area contributed by atoms with Gasteiger partial charge in [-0.25, -0.2) is 5.84 Å². The van der Waals surface area contributed by atoms with E-state index in [0.29, 0.717) is 10.4 Å². The molecule has 11 heavy (non-hydrogen) atoms. The van der Waals surface area contributed by atoms with Crippen molar-refractivity contribution in [2.24, 2.45) is 5.84 Å². The fourth-order valence-electron chi connectivity index (χ4n) is 0.725. The molecule has 0 aliphatic carbocycles. The molecule has 0 spiro atoms. The molecular formula is C6H8N2O2S. The average Bonchev–Trinajstić information content (AvgIpc) is 2.50. The van der Waals surface area contributed by atoms with Crippen LogP contribution in [0.3, 0.4) is 0 Å². The third-order valence-corrected chi connectivity index (χ3v) is 2.21. The number of nitrogen functional groups attached to an aromatic ring is 1. The largest absolute Gasteiger partial charge is 0.392 e. The minimum absolute atomic E-state index is 0.133. The highest BCUT2D eigenvalue weighted by Crippen LogP contribution is 2.15. The molecule has 1 heterocycles. The van der Waals surface area contributed by atoms with Crippen molar-refractivity contribution >= 4 is 17.2 Å². The minimum Gasteiger partial charge on any atom is -0.392 e. The van der Waals surface area contributed by atoms with E-state index < -0.39 is 0 Å². The summed E-state index contributed by atoms with van der Waals surface area (Å²) in [6, 6.07) is 1.69. The van der Waals surface area contributed by atoms with E-state index in [2.05, 4.69) is 0 Å². The average molecular weight is 172 g/mol. The van der Waals surface area contributed by atoms with E-state index >= 15 is 0 Å². The molecule has 1 amide bonds. The lowest BCUT2D eigenvalue weighted by atomic mass is 10.3. The fraction of sp³-hybridized carbons (Fsp3) is 0.167. The van der Waals surface area contributed by atoms with Crippen molar-refractivity contribution in [3.8, 4) is 0 Å². The van der Waals surface area contributed by atoms with E-state index in [0.717, 1.165) is 0 Å². The number of carbonyl (C=O) groups is 1. The maximum atomic E-state index is 10.9. The summed E-state index contributed by atoms with van der Waals surface area (Å²) in [6.45, 7) is -0.133. The Bertz CT molecular complexity index is 259. The minimum atomic E-state index is -0.357. The van der Waals surface area contributed by atoms with Gasteiger partial charge in [0.15, 0.2) is 0 Å². The lowest BCUT2D eigenvalue weighted by Crippen LogP contribution is -2.29. The molecule has 1 aromatic rings. The second kappa shape index (κ2) is 3.47. The number of rotatable bonds is 2. The first-order chi connectivity index (χ1) is 5.29. The van der Waals surface area contributed by atoms with Crippen molar-refractivity contribution in [1.82, 2.24) is 5.43 Å². The van der Waals surface area contributed by atoms with E-state index in [-0.39, 0.29) is 12.5 Å². The molecule has 0 bridgehead atoms. The maximum Gasteiger partial charge on any atom is 0.275 e. The Balaban J connectivity index is 2.92. The molecule has 0 aliphatic heterocycles. The van der Waals surface area contributed by atoms with Gasteiger partial charge >= 0.3 is 0 Å². The van der Waals surface area contributed by atoms with Gasteiger partial charge in [-0.05, 0) is 11.4 Å². The first-order valence-electron chi connectivity index (χ1n) is 2.97. The normalized spacial score (nSPS) is 9.64. The zero-order chi connectivity index (χ0) is 8.27.